The second-order valence-corrected chi connectivity index (χ2v) is 7.08. The molecule has 146 valence electrons. The third-order valence-electron chi connectivity index (χ3n) is 4.64. The second kappa shape index (κ2) is 10.6. The van der Waals surface area contributed by atoms with Crippen LogP contribution in [0.3, 0.4) is 0 Å². The predicted molar refractivity (Wildman–Crippen MR) is 114 cm³/mol. The van der Waals surface area contributed by atoms with Crippen LogP contribution in [0, 0.1) is 0 Å². The quantitative estimate of drug-likeness (QED) is 0.528. The number of aliphatic hydroxyl groups excluding tert-OH is 1. The maximum atomic E-state index is 10.9. The van der Waals surface area contributed by atoms with Crippen LogP contribution < -0.4 is 4.74 Å². The smallest absolute Gasteiger partial charge is 0.119 e. The average molecular weight is 376 g/mol. The minimum atomic E-state index is -0.572. The lowest BCUT2D eigenvalue weighted by Crippen LogP contribution is -2.28. The van der Waals surface area contributed by atoms with Crippen LogP contribution in [0.1, 0.15) is 36.1 Å². The summed E-state index contributed by atoms with van der Waals surface area (Å²) in [6.07, 6.45) is 0.395. The van der Waals surface area contributed by atoms with E-state index in [4.69, 9.17) is 4.74 Å². The molecule has 28 heavy (non-hydrogen) atoms. The van der Waals surface area contributed by atoms with Crippen molar-refractivity contribution in [3.05, 3.63) is 102 Å². The summed E-state index contributed by atoms with van der Waals surface area (Å²) in [4.78, 5) is 2.29. The highest BCUT2D eigenvalue weighted by atomic mass is 16.5. The van der Waals surface area contributed by atoms with Gasteiger partial charge in [-0.2, -0.15) is 0 Å². The van der Waals surface area contributed by atoms with Crippen molar-refractivity contribution in [3.8, 4) is 5.75 Å². The van der Waals surface area contributed by atoms with Crippen LogP contribution >= 0.6 is 0 Å². The van der Waals surface area contributed by atoms with Gasteiger partial charge >= 0.3 is 0 Å². The molecule has 0 saturated heterocycles. The highest BCUT2D eigenvalue weighted by Crippen LogP contribution is 2.22. The molecule has 3 aromatic carbocycles. The number of hydrogen-bond donors (Lipinski definition) is 1. The summed E-state index contributed by atoms with van der Waals surface area (Å²) in [7, 11) is 0. The molecule has 0 saturated carbocycles. The van der Waals surface area contributed by atoms with Crippen LogP contribution in [0.25, 0.3) is 0 Å². The van der Waals surface area contributed by atoms with E-state index >= 15 is 0 Å². The molecular formula is C25H29NO2. The monoisotopic (exact) mass is 375 g/mol. The van der Waals surface area contributed by atoms with Crippen molar-refractivity contribution in [3.63, 3.8) is 0 Å². The summed E-state index contributed by atoms with van der Waals surface area (Å²) in [5, 5.41) is 10.9. The van der Waals surface area contributed by atoms with Gasteiger partial charge in [-0.25, -0.2) is 0 Å². The minimum Gasteiger partial charge on any atom is -0.494 e. The number of aliphatic hydroxyl groups is 1. The zero-order valence-electron chi connectivity index (χ0n) is 16.5. The predicted octanol–water partition coefficient (Wildman–Crippen LogP) is 5.21. The molecule has 3 aromatic rings. The Morgan fingerprint density at radius 2 is 1.43 bits per heavy atom. The molecule has 0 bridgehead atoms. The Bertz CT molecular complexity index is 779. The first-order valence-corrected chi connectivity index (χ1v) is 9.95. The summed E-state index contributed by atoms with van der Waals surface area (Å²) in [5.41, 5.74) is 3.37. The van der Waals surface area contributed by atoms with E-state index in [1.165, 1.54) is 11.1 Å². The van der Waals surface area contributed by atoms with E-state index in [-0.39, 0.29) is 0 Å². The molecular weight excluding hydrogens is 346 g/mol. The number of rotatable bonds is 10. The number of hydrogen-bond acceptors (Lipinski definition) is 3. The Kier molecular flexibility index (Phi) is 7.65. The fourth-order valence-electron chi connectivity index (χ4n) is 3.25. The van der Waals surface area contributed by atoms with Gasteiger partial charge in [-0.15, -0.1) is 0 Å². The van der Waals surface area contributed by atoms with E-state index in [0.717, 1.165) is 30.8 Å². The lowest BCUT2D eigenvalue weighted by molar-refractivity contribution is 0.104. The van der Waals surface area contributed by atoms with Crippen molar-refractivity contribution in [1.29, 1.82) is 0 Å². The summed E-state index contributed by atoms with van der Waals surface area (Å²) < 4.78 is 5.72. The maximum absolute atomic E-state index is 10.9. The average Bonchev–Trinajstić information content (AvgIpc) is 2.74. The van der Waals surface area contributed by atoms with E-state index in [0.29, 0.717) is 13.2 Å². The van der Waals surface area contributed by atoms with Gasteiger partial charge in [0.05, 0.1) is 12.7 Å². The zero-order chi connectivity index (χ0) is 19.6. The number of benzene rings is 3. The van der Waals surface area contributed by atoms with Gasteiger partial charge in [-0.3, -0.25) is 4.90 Å². The van der Waals surface area contributed by atoms with Gasteiger partial charge in [-0.05, 0) is 35.2 Å². The Balaban J connectivity index is 1.72. The molecule has 0 aromatic heterocycles. The Hall–Kier alpha value is -2.62. The standard InChI is InChI=1S/C25H29NO2/c1-2-16-28-24-15-9-14-23(17-24)25(27)20-26(18-21-10-5-3-6-11-21)19-22-12-7-4-8-13-22/h3-15,17,25,27H,2,16,18-20H2,1H3/t25-/m0/s1. The van der Waals surface area contributed by atoms with Gasteiger partial charge in [0.1, 0.15) is 5.75 Å². The van der Waals surface area contributed by atoms with Crippen molar-refractivity contribution in [2.75, 3.05) is 13.2 Å². The lowest BCUT2D eigenvalue weighted by atomic mass is 10.1. The van der Waals surface area contributed by atoms with Crippen molar-refractivity contribution in [1.82, 2.24) is 4.90 Å². The molecule has 3 heteroatoms. The first-order valence-electron chi connectivity index (χ1n) is 9.95. The van der Waals surface area contributed by atoms with Crippen LogP contribution in [0.5, 0.6) is 5.75 Å². The van der Waals surface area contributed by atoms with Gasteiger partial charge in [0.25, 0.3) is 0 Å². The van der Waals surface area contributed by atoms with Gasteiger partial charge < -0.3 is 9.84 Å². The van der Waals surface area contributed by atoms with E-state index in [2.05, 4.69) is 60.4 Å². The first kappa shape index (κ1) is 20.1. The number of ether oxygens (including phenoxy) is 1. The molecule has 1 N–H and O–H groups in total. The largest absolute Gasteiger partial charge is 0.494 e. The Morgan fingerprint density at radius 3 is 2.00 bits per heavy atom. The van der Waals surface area contributed by atoms with E-state index in [1.54, 1.807) is 0 Å². The van der Waals surface area contributed by atoms with Crippen molar-refractivity contribution in [2.24, 2.45) is 0 Å². The minimum absolute atomic E-state index is 0.557. The molecule has 0 radical (unpaired) electrons. The molecule has 0 heterocycles. The van der Waals surface area contributed by atoms with E-state index < -0.39 is 6.10 Å². The molecule has 1 atom stereocenters. The summed E-state index contributed by atoms with van der Waals surface area (Å²) in [6.45, 7) is 4.91. The third kappa shape index (κ3) is 6.22. The van der Waals surface area contributed by atoms with Crippen molar-refractivity contribution < 1.29 is 9.84 Å². The van der Waals surface area contributed by atoms with Crippen LogP contribution in [0.15, 0.2) is 84.9 Å². The lowest BCUT2D eigenvalue weighted by Gasteiger charge is -2.26. The molecule has 0 aliphatic heterocycles. The van der Waals surface area contributed by atoms with Crippen LogP contribution in [0.2, 0.25) is 0 Å². The second-order valence-electron chi connectivity index (χ2n) is 7.08. The molecule has 0 aliphatic rings. The zero-order valence-corrected chi connectivity index (χ0v) is 16.5. The maximum Gasteiger partial charge on any atom is 0.119 e. The van der Waals surface area contributed by atoms with Crippen LogP contribution in [-0.2, 0) is 13.1 Å². The number of nitrogens with zero attached hydrogens (tertiary/aromatic N) is 1. The molecule has 0 aliphatic carbocycles. The van der Waals surface area contributed by atoms with E-state index in [9.17, 15) is 5.11 Å². The molecule has 3 rings (SSSR count). The van der Waals surface area contributed by atoms with Gasteiger partial charge in [0, 0.05) is 19.6 Å². The van der Waals surface area contributed by atoms with Gasteiger partial charge in [0.2, 0.25) is 0 Å². The Labute approximate surface area is 168 Å². The topological polar surface area (TPSA) is 32.7 Å². The summed E-state index contributed by atoms with van der Waals surface area (Å²) in [6, 6.07) is 28.6. The highest BCUT2D eigenvalue weighted by molar-refractivity contribution is 5.30. The Morgan fingerprint density at radius 1 is 0.821 bits per heavy atom. The molecule has 0 amide bonds. The van der Waals surface area contributed by atoms with Gasteiger partial charge in [-0.1, -0.05) is 79.7 Å². The fourth-order valence-corrected chi connectivity index (χ4v) is 3.25. The van der Waals surface area contributed by atoms with Crippen LogP contribution in [-0.4, -0.2) is 23.2 Å². The first-order chi connectivity index (χ1) is 13.7. The summed E-state index contributed by atoms with van der Waals surface area (Å²) in [5.74, 6) is 0.816. The summed E-state index contributed by atoms with van der Waals surface area (Å²) >= 11 is 0. The van der Waals surface area contributed by atoms with Crippen LogP contribution in [0.4, 0.5) is 0 Å². The SMILES string of the molecule is CCCOc1cccc([C@@H](O)CN(Cc2ccccc2)Cc2ccccc2)c1. The highest BCUT2D eigenvalue weighted by Gasteiger charge is 2.15. The molecule has 3 nitrogen and oxygen atoms in total. The van der Waals surface area contributed by atoms with E-state index in [1.807, 2.05) is 36.4 Å². The van der Waals surface area contributed by atoms with Crippen molar-refractivity contribution in [2.45, 2.75) is 32.5 Å². The molecule has 0 unspecified atom stereocenters. The fraction of sp³-hybridized carbons (Fsp3) is 0.280. The molecule has 0 fully saturated rings. The van der Waals surface area contributed by atoms with Gasteiger partial charge in [0.15, 0.2) is 0 Å². The van der Waals surface area contributed by atoms with Crippen molar-refractivity contribution >= 4 is 0 Å². The molecule has 0 spiro atoms. The normalized spacial score (nSPS) is 12.1. The third-order valence-corrected chi connectivity index (χ3v) is 4.64.